The van der Waals surface area contributed by atoms with Gasteiger partial charge in [-0.25, -0.2) is 4.79 Å². The lowest BCUT2D eigenvalue weighted by atomic mass is 10.0. The van der Waals surface area contributed by atoms with Crippen LogP contribution in [0.1, 0.15) is 25.8 Å². The standard InChI is InChI=1S/C17H24N2O5/c1-11(2)15(17(22)23-3)19-16(21)13(18)9-14(20)24-10-12-7-5-4-6-8-12/h4-8,11,13,15H,9-10,18H2,1-3H3,(H,19,21)/t13-,15-/m0/s1. The van der Waals surface area contributed by atoms with Crippen molar-refractivity contribution in [3.63, 3.8) is 0 Å². The minimum atomic E-state index is -1.10. The molecule has 0 saturated carbocycles. The van der Waals surface area contributed by atoms with Crippen molar-refractivity contribution >= 4 is 17.8 Å². The summed E-state index contributed by atoms with van der Waals surface area (Å²) >= 11 is 0. The smallest absolute Gasteiger partial charge is 0.328 e. The molecule has 0 saturated heterocycles. The second kappa shape index (κ2) is 9.67. The Morgan fingerprint density at radius 1 is 1.17 bits per heavy atom. The molecular formula is C17H24N2O5. The van der Waals surface area contributed by atoms with E-state index in [0.717, 1.165) is 5.56 Å². The van der Waals surface area contributed by atoms with Crippen molar-refractivity contribution in [1.29, 1.82) is 0 Å². The minimum absolute atomic E-state index is 0.116. The second-order valence-electron chi connectivity index (χ2n) is 5.71. The van der Waals surface area contributed by atoms with Gasteiger partial charge in [-0.15, -0.1) is 0 Å². The molecule has 1 aromatic carbocycles. The molecule has 1 amide bonds. The van der Waals surface area contributed by atoms with Crippen LogP contribution in [0.15, 0.2) is 30.3 Å². The van der Waals surface area contributed by atoms with E-state index in [0.29, 0.717) is 0 Å². The fourth-order valence-corrected chi connectivity index (χ4v) is 1.95. The molecule has 0 radical (unpaired) electrons. The van der Waals surface area contributed by atoms with Gasteiger partial charge in [0, 0.05) is 0 Å². The van der Waals surface area contributed by atoms with Crippen molar-refractivity contribution in [2.24, 2.45) is 11.7 Å². The van der Waals surface area contributed by atoms with Gasteiger partial charge in [0.2, 0.25) is 5.91 Å². The zero-order valence-electron chi connectivity index (χ0n) is 14.2. The van der Waals surface area contributed by atoms with E-state index < -0.39 is 29.9 Å². The lowest BCUT2D eigenvalue weighted by Gasteiger charge is -2.21. The molecule has 0 fully saturated rings. The van der Waals surface area contributed by atoms with E-state index in [4.69, 9.17) is 10.5 Å². The summed E-state index contributed by atoms with van der Waals surface area (Å²) in [4.78, 5) is 35.4. The van der Waals surface area contributed by atoms with E-state index in [1.807, 2.05) is 30.3 Å². The molecule has 0 aliphatic rings. The molecule has 0 aliphatic heterocycles. The number of ether oxygens (including phenoxy) is 2. The van der Waals surface area contributed by atoms with Crippen LogP contribution < -0.4 is 11.1 Å². The fraction of sp³-hybridized carbons (Fsp3) is 0.471. The summed E-state index contributed by atoms with van der Waals surface area (Å²) in [7, 11) is 1.24. The molecule has 7 nitrogen and oxygen atoms in total. The van der Waals surface area contributed by atoms with Crippen LogP contribution in [0.25, 0.3) is 0 Å². The lowest BCUT2D eigenvalue weighted by molar-refractivity contribution is -0.148. The summed E-state index contributed by atoms with van der Waals surface area (Å²) in [5.74, 6) is -1.91. The zero-order chi connectivity index (χ0) is 18.1. The summed E-state index contributed by atoms with van der Waals surface area (Å²) in [5.41, 5.74) is 6.55. The van der Waals surface area contributed by atoms with E-state index in [1.165, 1.54) is 7.11 Å². The van der Waals surface area contributed by atoms with Gasteiger partial charge in [-0.05, 0) is 11.5 Å². The molecule has 2 atom stereocenters. The highest BCUT2D eigenvalue weighted by atomic mass is 16.5. The zero-order valence-corrected chi connectivity index (χ0v) is 14.2. The summed E-state index contributed by atoms with van der Waals surface area (Å²) in [6.07, 6.45) is -0.273. The maximum Gasteiger partial charge on any atom is 0.328 e. The van der Waals surface area contributed by atoms with Gasteiger partial charge in [0.25, 0.3) is 0 Å². The van der Waals surface area contributed by atoms with Crippen molar-refractivity contribution in [2.75, 3.05) is 7.11 Å². The van der Waals surface area contributed by atoms with Crippen LogP contribution in [-0.2, 0) is 30.5 Å². The van der Waals surface area contributed by atoms with Crippen LogP contribution in [0.3, 0.4) is 0 Å². The number of nitrogens with one attached hydrogen (secondary N) is 1. The molecule has 7 heteroatoms. The molecule has 132 valence electrons. The van der Waals surface area contributed by atoms with Gasteiger partial charge in [-0.1, -0.05) is 44.2 Å². The number of rotatable bonds is 8. The highest BCUT2D eigenvalue weighted by Gasteiger charge is 2.28. The van der Waals surface area contributed by atoms with Crippen LogP contribution in [-0.4, -0.2) is 37.0 Å². The van der Waals surface area contributed by atoms with Crippen molar-refractivity contribution < 1.29 is 23.9 Å². The molecular weight excluding hydrogens is 312 g/mol. The van der Waals surface area contributed by atoms with Gasteiger partial charge >= 0.3 is 11.9 Å². The van der Waals surface area contributed by atoms with Gasteiger partial charge < -0.3 is 20.5 Å². The number of hydrogen-bond donors (Lipinski definition) is 2. The molecule has 0 aliphatic carbocycles. The summed E-state index contributed by atoms with van der Waals surface area (Å²) in [6, 6.07) is 7.26. The topological polar surface area (TPSA) is 108 Å². The lowest BCUT2D eigenvalue weighted by Crippen LogP contribution is -2.51. The predicted octanol–water partition coefficient (Wildman–Crippen LogP) is 0.761. The number of carbonyl (C=O) groups is 3. The minimum Gasteiger partial charge on any atom is -0.467 e. The predicted molar refractivity (Wildman–Crippen MR) is 87.6 cm³/mol. The first-order chi connectivity index (χ1) is 11.3. The maximum absolute atomic E-state index is 12.0. The fourth-order valence-electron chi connectivity index (χ4n) is 1.95. The first kappa shape index (κ1) is 19.6. The van der Waals surface area contributed by atoms with E-state index >= 15 is 0 Å². The van der Waals surface area contributed by atoms with E-state index in [-0.39, 0.29) is 18.9 Å². The first-order valence-corrected chi connectivity index (χ1v) is 7.68. The van der Waals surface area contributed by atoms with Crippen molar-refractivity contribution in [3.8, 4) is 0 Å². The Morgan fingerprint density at radius 3 is 2.33 bits per heavy atom. The van der Waals surface area contributed by atoms with Crippen LogP contribution in [0, 0.1) is 5.92 Å². The molecule has 0 heterocycles. The van der Waals surface area contributed by atoms with Crippen molar-refractivity contribution in [3.05, 3.63) is 35.9 Å². The van der Waals surface area contributed by atoms with E-state index in [2.05, 4.69) is 10.1 Å². The third-order valence-electron chi connectivity index (χ3n) is 3.39. The molecule has 3 N–H and O–H groups in total. The number of esters is 2. The third kappa shape index (κ3) is 6.37. The highest BCUT2D eigenvalue weighted by Crippen LogP contribution is 2.06. The van der Waals surface area contributed by atoms with Crippen LogP contribution >= 0.6 is 0 Å². The van der Waals surface area contributed by atoms with Gasteiger partial charge in [0.1, 0.15) is 12.6 Å². The number of benzene rings is 1. The highest BCUT2D eigenvalue weighted by molar-refractivity contribution is 5.90. The molecule has 1 rings (SSSR count). The third-order valence-corrected chi connectivity index (χ3v) is 3.39. The number of carbonyl (C=O) groups excluding carboxylic acids is 3. The summed E-state index contributed by atoms with van der Waals surface area (Å²) in [6.45, 7) is 3.65. The van der Waals surface area contributed by atoms with Gasteiger partial charge in [-0.3, -0.25) is 9.59 Å². The SMILES string of the molecule is COC(=O)[C@@H](NC(=O)[C@@H](N)CC(=O)OCc1ccccc1)C(C)C. The molecule has 1 aromatic rings. The Balaban J connectivity index is 2.47. The quantitative estimate of drug-likeness (QED) is 0.679. The number of hydrogen-bond acceptors (Lipinski definition) is 6. The van der Waals surface area contributed by atoms with Gasteiger partial charge in [-0.2, -0.15) is 0 Å². The Kier molecular flexibility index (Phi) is 7.91. The molecule has 0 bridgehead atoms. The molecule has 0 aromatic heterocycles. The normalized spacial score (nSPS) is 13.0. The molecule has 0 spiro atoms. The van der Waals surface area contributed by atoms with Crippen LogP contribution in [0.5, 0.6) is 0 Å². The van der Waals surface area contributed by atoms with Gasteiger partial charge in [0.05, 0.1) is 19.6 Å². The summed E-state index contributed by atoms with van der Waals surface area (Å²) < 4.78 is 9.72. The number of nitrogens with two attached hydrogens (primary N) is 1. The van der Waals surface area contributed by atoms with Gasteiger partial charge in [0.15, 0.2) is 0 Å². The average molecular weight is 336 g/mol. The molecule has 24 heavy (non-hydrogen) atoms. The van der Waals surface area contributed by atoms with Crippen molar-refractivity contribution in [1.82, 2.24) is 5.32 Å². The number of amides is 1. The monoisotopic (exact) mass is 336 g/mol. The van der Waals surface area contributed by atoms with E-state index in [9.17, 15) is 14.4 Å². The maximum atomic E-state index is 12.0. The Hall–Kier alpha value is -2.41. The summed E-state index contributed by atoms with van der Waals surface area (Å²) in [5, 5.41) is 2.50. The first-order valence-electron chi connectivity index (χ1n) is 7.68. The number of methoxy groups -OCH3 is 1. The van der Waals surface area contributed by atoms with E-state index in [1.54, 1.807) is 13.8 Å². The second-order valence-corrected chi connectivity index (χ2v) is 5.71. The Labute approximate surface area is 141 Å². The molecule has 0 unspecified atom stereocenters. The van der Waals surface area contributed by atoms with Crippen LogP contribution in [0.4, 0.5) is 0 Å². The van der Waals surface area contributed by atoms with Crippen molar-refractivity contribution in [2.45, 2.75) is 39.0 Å². The largest absolute Gasteiger partial charge is 0.467 e. The Morgan fingerprint density at radius 2 is 1.79 bits per heavy atom. The van der Waals surface area contributed by atoms with Crippen LogP contribution in [0.2, 0.25) is 0 Å². The Bertz CT molecular complexity index is 559. The average Bonchev–Trinajstić information content (AvgIpc) is 2.57.